The Kier molecular flexibility index (Phi) is 2.36. The molecule has 0 saturated heterocycles. The maximum atomic E-state index is 5.71. The summed E-state index contributed by atoms with van der Waals surface area (Å²) >= 11 is 5.71. The molecule has 1 saturated carbocycles. The lowest BCUT2D eigenvalue weighted by molar-refractivity contribution is 0.784. The van der Waals surface area contributed by atoms with Gasteiger partial charge in [-0.2, -0.15) is 0 Å². The van der Waals surface area contributed by atoms with Crippen LogP contribution in [0.25, 0.3) is 0 Å². The van der Waals surface area contributed by atoms with Gasteiger partial charge in [-0.3, -0.25) is 0 Å². The molecule has 0 bridgehead atoms. The molecule has 2 unspecified atom stereocenters. The van der Waals surface area contributed by atoms with Gasteiger partial charge in [0.25, 0.3) is 0 Å². The zero-order chi connectivity index (χ0) is 9.26. The van der Waals surface area contributed by atoms with E-state index in [0.29, 0.717) is 5.15 Å². The Hall–Kier alpha value is -0.830. The largest absolute Gasteiger partial charge is 0.370 e. The summed E-state index contributed by atoms with van der Waals surface area (Å²) in [5, 5.41) is 3.73. The number of anilines is 1. The van der Waals surface area contributed by atoms with Crippen LogP contribution in [0.2, 0.25) is 5.15 Å². The molecule has 4 heteroatoms. The van der Waals surface area contributed by atoms with Gasteiger partial charge in [-0.25, -0.2) is 9.97 Å². The van der Waals surface area contributed by atoms with Crippen LogP contribution < -0.4 is 5.32 Å². The topological polar surface area (TPSA) is 37.8 Å². The van der Waals surface area contributed by atoms with E-state index in [1.54, 1.807) is 6.07 Å². The number of aromatic nitrogens is 2. The number of halogens is 1. The molecule has 1 aromatic heterocycles. The molecule has 1 aliphatic carbocycles. The van der Waals surface area contributed by atoms with Crippen molar-refractivity contribution in [3.05, 3.63) is 17.5 Å². The normalized spacial score (nSPS) is 25.7. The minimum Gasteiger partial charge on any atom is -0.370 e. The van der Waals surface area contributed by atoms with Gasteiger partial charge in [0.15, 0.2) is 0 Å². The van der Waals surface area contributed by atoms with Crippen molar-refractivity contribution in [3.8, 4) is 0 Å². The molecule has 1 heterocycles. The molecular formula is C9H12ClN3. The van der Waals surface area contributed by atoms with E-state index in [4.69, 9.17) is 11.6 Å². The van der Waals surface area contributed by atoms with E-state index >= 15 is 0 Å². The smallest absolute Gasteiger partial charge is 0.134 e. The summed E-state index contributed by atoms with van der Waals surface area (Å²) in [4.78, 5) is 7.87. The monoisotopic (exact) mass is 197 g/mol. The maximum absolute atomic E-state index is 5.71. The van der Waals surface area contributed by atoms with Crippen LogP contribution in [0, 0.1) is 11.8 Å². The fraction of sp³-hybridized carbons (Fsp3) is 0.556. The molecule has 3 nitrogen and oxygen atoms in total. The maximum Gasteiger partial charge on any atom is 0.134 e. The Morgan fingerprint density at radius 3 is 3.00 bits per heavy atom. The number of nitrogens with one attached hydrogen (secondary N) is 1. The molecule has 0 aliphatic heterocycles. The van der Waals surface area contributed by atoms with Gasteiger partial charge in [0.1, 0.15) is 17.3 Å². The van der Waals surface area contributed by atoms with Crippen molar-refractivity contribution in [3.63, 3.8) is 0 Å². The average molecular weight is 198 g/mol. The summed E-state index contributed by atoms with van der Waals surface area (Å²) in [5.41, 5.74) is 0. The Bertz CT molecular complexity index is 303. The van der Waals surface area contributed by atoms with Gasteiger partial charge in [-0.05, 0) is 18.3 Å². The van der Waals surface area contributed by atoms with E-state index in [-0.39, 0.29) is 0 Å². The van der Waals surface area contributed by atoms with Crippen molar-refractivity contribution in [1.29, 1.82) is 0 Å². The van der Waals surface area contributed by atoms with Crippen LogP contribution in [0.5, 0.6) is 0 Å². The third-order valence-corrected chi connectivity index (χ3v) is 2.66. The molecule has 0 spiro atoms. The zero-order valence-corrected chi connectivity index (χ0v) is 8.25. The third kappa shape index (κ3) is 2.31. The van der Waals surface area contributed by atoms with Crippen molar-refractivity contribution in [1.82, 2.24) is 9.97 Å². The fourth-order valence-corrected chi connectivity index (χ4v) is 1.50. The molecule has 1 aromatic rings. The summed E-state index contributed by atoms with van der Waals surface area (Å²) in [7, 11) is 0. The quantitative estimate of drug-likeness (QED) is 0.755. The number of hydrogen-bond acceptors (Lipinski definition) is 3. The lowest BCUT2D eigenvalue weighted by atomic mass is 10.3. The Balaban J connectivity index is 1.87. The summed E-state index contributed by atoms with van der Waals surface area (Å²) in [5.74, 6) is 2.50. The molecular weight excluding hydrogens is 186 g/mol. The van der Waals surface area contributed by atoms with Crippen LogP contribution in [0.4, 0.5) is 5.82 Å². The first kappa shape index (κ1) is 8.75. The summed E-state index contributed by atoms with van der Waals surface area (Å²) in [6, 6.07) is 1.74. The van der Waals surface area contributed by atoms with Gasteiger partial charge in [-0.1, -0.05) is 18.5 Å². The van der Waals surface area contributed by atoms with Crippen LogP contribution in [0.15, 0.2) is 12.4 Å². The number of nitrogens with zero attached hydrogens (tertiary/aromatic N) is 2. The highest BCUT2D eigenvalue weighted by atomic mass is 35.5. The Morgan fingerprint density at radius 1 is 1.62 bits per heavy atom. The van der Waals surface area contributed by atoms with E-state index in [9.17, 15) is 0 Å². The Morgan fingerprint density at radius 2 is 2.38 bits per heavy atom. The van der Waals surface area contributed by atoms with Crippen LogP contribution in [-0.4, -0.2) is 16.5 Å². The highest BCUT2D eigenvalue weighted by Gasteiger charge is 2.31. The van der Waals surface area contributed by atoms with Gasteiger partial charge in [0.2, 0.25) is 0 Å². The molecule has 0 amide bonds. The molecule has 1 N–H and O–H groups in total. The highest BCUT2D eigenvalue weighted by molar-refractivity contribution is 6.29. The van der Waals surface area contributed by atoms with Crippen molar-refractivity contribution in [2.75, 3.05) is 11.9 Å². The van der Waals surface area contributed by atoms with E-state index in [1.807, 2.05) is 0 Å². The van der Waals surface area contributed by atoms with Crippen LogP contribution in [0.3, 0.4) is 0 Å². The molecule has 0 aromatic carbocycles. The van der Waals surface area contributed by atoms with Crippen molar-refractivity contribution in [2.45, 2.75) is 13.3 Å². The summed E-state index contributed by atoms with van der Waals surface area (Å²) in [6.07, 6.45) is 2.80. The number of rotatable bonds is 3. The van der Waals surface area contributed by atoms with E-state index in [1.165, 1.54) is 12.7 Å². The van der Waals surface area contributed by atoms with E-state index < -0.39 is 0 Å². The van der Waals surface area contributed by atoms with Crippen molar-refractivity contribution >= 4 is 17.4 Å². The fourth-order valence-electron chi connectivity index (χ4n) is 1.35. The van der Waals surface area contributed by atoms with Gasteiger partial charge in [0, 0.05) is 12.6 Å². The van der Waals surface area contributed by atoms with Gasteiger partial charge >= 0.3 is 0 Å². The molecule has 2 rings (SSSR count). The zero-order valence-electron chi connectivity index (χ0n) is 7.50. The second-order valence-corrected chi connectivity index (χ2v) is 3.97. The van der Waals surface area contributed by atoms with E-state index in [2.05, 4.69) is 22.2 Å². The first-order chi connectivity index (χ1) is 6.25. The van der Waals surface area contributed by atoms with Crippen LogP contribution >= 0.6 is 11.6 Å². The minimum absolute atomic E-state index is 0.487. The molecule has 2 atom stereocenters. The Labute approximate surface area is 82.5 Å². The van der Waals surface area contributed by atoms with Crippen molar-refractivity contribution < 1.29 is 0 Å². The standard InChI is InChI=1S/C9H12ClN3/c1-6-2-7(6)4-11-9-3-8(10)12-5-13-9/h3,5-7H,2,4H2,1H3,(H,11,12,13). The highest BCUT2D eigenvalue weighted by Crippen LogP contribution is 2.37. The van der Waals surface area contributed by atoms with Crippen LogP contribution in [-0.2, 0) is 0 Å². The third-order valence-electron chi connectivity index (χ3n) is 2.46. The minimum atomic E-state index is 0.487. The predicted octanol–water partition coefficient (Wildman–Crippen LogP) is 2.20. The molecule has 1 aliphatic rings. The first-order valence-electron chi connectivity index (χ1n) is 4.47. The van der Waals surface area contributed by atoms with E-state index in [0.717, 1.165) is 24.2 Å². The second-order valence-electron chi connectivity index (χ2n) is 3.58. The lowest BCUT2D eigenvalue weighted by Crippen LogP contribution is -2.05. The number of hydrogen-bond donors (Lipinski definition) is 1. The van der Waals surface area contributed by atoms with Gasteiger partial charge in [0.05, 0.1) is 0 Å². The molecule has 13 heavy (non-hydrogen) atoms. The second kappa shape index (κ2) is 3.50. The van der Waals surface area contributed by atoms with Crippen molar-refractivity contribution in [2.24, 2.45) is 11.8 Å². The SMILES string of the molecule is CC1CC1CNc1cc(Cl)ncn1. The summed E-state index contributed by atoms with van der Waals surface area (Å²) in [6.45, 7) is 3.26. The molecule has 0 radical (unpaired) electrons. The summed E-state index contributed by atoms with van der Waals surface area (Å²) < 4.78 is 0. The molecule has 1 fully saturated rings. The lowest BCUT2D eigenvalue weighted by Gasteiger charge is -2.03. The first-order valence-corrected chi connectivity index (χ1v) is 4.85. The average Bonchev–Trinajstić information content (AvgIpc) is 2.79. The van der Waals surface area contributed by atoms with Gasteiger partial charge < -0.3 is 5.32 Å². The van der Waals surface area contributed by atoms with Gasteiger partial charge in [-0.15, -0.1) is 0 Å². The van der Waals surface area contributed by atoms with Crippen LogP contribution in [0.1, 0.15) is 13.3 Å². The predicted molar refractivity (Wildman–Crippen MR) is 52.8 cm³/mol. The molecule has 70 valence electrons.